The zero-order valence-corrected chi connectivity index (χ0v) is 16.3. The maximum Gasteiger partial charge on any atom is 0.241 e. The number of hydrogen-bond acceptors (Lipinski definition) is 3. The topological polar surface area (TPSA) is 55.4 Å². The molecule has 4 nitrogen and oxygen atoms in total. The molecule has 0 aliphatic rings. The minimum absolute atomic E-state index is 0.127. The molecule has 0 unspecified atom stereocenters. The molecule has 24 heavy (non-hydrogen) atoms. The van der Waals surface area contributed by atoms with Crippen LogP contribution in [0, 0.1) is 26.6 Å². The average molecular weight is 416 g/mol. The van der Waals surface area contributed by atoms with Gasteiger partial charge in [-0.2, -0.15) is 0 Å². The number of ether oxygens (including phenoxy) is 1. The van der Waals surface area contributed by atoms with Gasteiger partial charge in [-0.25, -0.2) is 17.5 Å². The van der Waals surface area contributed by atoms with Crippen LogP contribution in [0.5, 0.6) is 5.75 Å². The van der Waals surface area contributed by atoms with Gasteiger partial charge in [0.2, 0.25) is 10.0 Å². The zero-order valence-electron chi connectivity index (χ0n) is 13.9. The van der Waals surface area contributed by atoms with Gasteiger partial charge in [-0.05, 0) is 61.7 Å². The van der Waals surface area contributed by atoms with E-state index in [4.69, 9.17) is 4.74 Å². The van der Waals surface area contributed by atoms with Crippen LogP contribution in [0.3, 0.4) is 0 Å². The fourth-order valence-corrected chi connectivity index (χ4v) is 4.51. The van der Waals surface area contributed by atoms with Gasteiger partial charge in [0.15, 0.2) is 0 Å². The van der Waals surface area contributed by atoms with Crippen LogP contribution in [-0.2, 0) is 16.6 Å². The minimum atomic E-state index is -3.78. The first-order valence-corrected chi connectivity index (χ1v) is 9.53. The van der Waals surface area contributed by atoms with Crippen molar-refractivity contribution in [3.05, 3.63) is 56.8 Å². The van der Waals surface area contributed by atoms with Gasteiger partial charge >= 0.3 is 0 Å². The molecule has 0 aliphatic heterocycles. The summed E-state index contributed by atoms with van der Waals surface area (Å²) in [4.78, 5) is 0.205. The van der Waals surface area contributed by atoms with Gasteiger partial charge in [0, 0.05) is 16.6 Å². The summed E-state index contributed by atoms with van der Waals surface area (Å²) in [6.45, 7) is 5.13. The number of benzene rings is 2. The summed E-state index contributed by atoms with van der Waals surface area (Å²) < 4.78 is 47.6. The molecule has 0 bridgehead atoms. The Hall–Kier alpha value is -1.44. The first-order chi connectivity index (χ1) is 11.2. The lowest BCUT2D eigenvalue weighted by atomic mass is 10.1. The third-order valence-electron chi connectivity index (χ3n) is 3.93. The highest BCUT2D eigenvalue weighted by molar-refractivity contribution is 9.10. The molecule has 0 spiro atoms. The van der Waals surface area contributed by atoms with Crippen molar-refractivity contribution in [2.45, 2.75) is 32.2 Å². The second-order valence-corrected chi connectivity index (χ2v) is 8.15. The van der Waals surface area contributed by atoms with E-state index in [-0.39, 0.29) is 17.0 Å². The third kappa shape index (κ3) is 3.79. The van der Waals surface area contributed by atoms with E-state index in [1.165, 1.54) is 6.07 Å². The molecule has 0 saturated heterocycles. The Bertz CT molecular complexity index is 882. The van der Waals surface area contributed by atoms with Crippen molar-refractivity contribution in [3.8, 4) is 5.75 Å². The van der Waals surface area contributed by atoms with Crippen LogP contribution in [0.4, 0.5) is 4.39 Å². The molecule has 0 atom stereocenters. The van der Waals surface area contributed by atoms with E-state index in [1.54, 1.807) is 46.1 Å². The number of methoxy groups -OCH3 is 1. The molecule has 0 amide bonds. The fraction of sp³-hybridized carbons (Fsp3) is 0.294. The lowest BCUT2D eigenvalue weighted by Crippen LogP contribution is -2.25. The lowest BCUT2D eigenvalue weighted by Gasteiger charge is -2.17. The van der Waals surface area contributed by atoms with Crippen molar-refractivity contribution in [2.24, 2.45) is 0 Å². The standard InChI is InChI=1S/C17H19BrFNO3S/c1-10-7-16(23-4)11(2)12(3)17(10)24(21,22)20-9-13-8-14(18)5-6-15(13)19/h5-8,20H,9H2,1-4H3. The van der Waals surface area contributed by atoms with Crippen LogP contribution in [-0.4, -0.2) is 15.5 Å². The van der Waals surface area contributed by atoms with E-state index < -0.39 is 15.8 Å². The van der Waals surface area contributed by atoms with Crippen molar-refractivity contribution in [1.29, 1.82) is 0 Å². The molecule has 0 radical (unpaired) electrons. The van der Waals surface area contributed by atoms with E-state index in [0.29, 0.717) is 21.3 Å². The lowest BCUT2D eigenvalue weighted by molar-refractivity contribution is 0.410. The highest BCUT2D eigenvalue weighted by Gasteiger charge is 2.23. The molecule has 2 aromatic carbocycles. The first kappa shape index (κ1) is 18.9. The molecule has 0 aromatic heterocycles. The number of hydrogen-bond donors (Lipinski definition) is 1. The van der Waals surface area contributed by atoms with Gasteiger partial charge in [-0.1, -0.05) is 15.9 Å². The van der Waals surface area contributed by atoms with Crippen molar-refractivity contribution < 1.29 is 17.5 Å². The van der Waals surface area contributed by atoms with Gasteiger partial charge < -0.3 is 4.74 Å². The molecular formula is C17H19BrFNO3S. The Labute approximate surface area is 150 Å². The second kappa shape index (κ2) is 7.21. The largest absolute Gasteiger partial charge is 0.496 e. The van der Waals surface area contributed by atoms with E-state index in [2.05, 4.69) is 20.7 Å². The molecule has 0 heterocycles. The van der Waals surface area contributed by atoms with Gasteiger partial charge in [-0.3, -0.25) is 0 Å². The number of nitrogens with one attached hydrogen (secondary N) is 1. The minimum Gasteiger partial charge on any atom is -0.496 e. The SMILES string of the molecule is COc1cc(C)c(S(=O)(=O)NCc2cc(Br)ccc2F)c(C)c1C. The maximum atomic E-state index is 13.8. The van der Waals surface area contributed by atoms with Crippen LogP contribution in [0.1, 0.15) is 22.3 Å². The molecule has 130 valence electrons. The van der Waals surface area contributed by atoms with Gasteiger partial charge in [-0.15, -0.1) is 0 Å². The molecule has 7 heteroatoms. The van der Waals surface area contributed by atoms with Crippen LogP contribution >= 0.6 is 15.9 Å². The summed E-state index contributed by atoms with van der Waals surface area (Å²) in [6.07, 6.45) is 0. The molecule has 2 aromatic rings. The molecular weight excluding hydrogens is 397 g/mol. The summed E-state index contributed by atoms with van der Waals surface area (Å²) in [5.41, 5.74) is 2.23. The summed E-state index contributed by atoms with van der Waals surface area (Å²) in [5, 5.41) is 0. The molecule has 0 saturated carbocycles. The number of aryl methyl sites for hydroxylation is 1. The third-order valence-corrected chi connectivity index (χ3v) is 6.11. The molecule has 0 aliphatic carbocycles. The van der Waals surface area contributed by atoms with Crippen molar-refractivity contribution >= 4 is 26.0 Å². The van der Waals surface area contributed by atoms with Crippen LogP contribution < -0.4 is 9.46 Å². The first-order valence-electron chi connectivity index (χ1n) is 7.25. The van der Waals surface area contributed by atoms with E-state index in [0.717, 1.165) is 5.56 Å². The van der Waals surface area contributed by atoms with Crippen molar-refractivity contribution in [3.63, 3.8) is 0 Å². The summed E-state index contributed by atoms with van der Waals surface area (Å²) in [5.74, 6) is 0.183. The average Bonchev–Trinajstić information content (AvgIpc) is 2.51. The Balaban J connectivity index is 2.38. The molecule has 2 rings (SSSR count). The smallest absolute Gasteiger partial charge is 0.241 e. The summed E-state index contributed by atoms with van der Waals surface area (Å²) in [6, 6.07) is 6.10. The predicted octanol–water partition coefficient (Wildman–Crippen LogP) is 4.00. The van der Waals surface area contributed by atoms with Crippen LogP contribution in [0.2, 0.25) is 0 Å². The Kier molecular flexibility index (Phi) is 5.67. The van der Waals surface area contributed by atoms with Crippen molar-refractivity contribution in [1.82, 2.24) is 4.72 Å². The Morgan fingerprint density at radius 3 is 2.46 bits per heavy atom. The van der Waals surface area contributed by atoms with Gasteiger partial charge in [0.25, 0.3) is 0 Å². The van der Waals surface area contributed by atoms with Crippen LogP contribution in [0.25, 0.3) is 0 Å². The molecule has 0 fully saturated rings. The van der Waals surface area contributed by atoms with Crippen molar-refractivity contribution in [2.75, 3.05) is 7.11 Å². The Morgan fingerprint density at radius 1 is 1.17 bits per heavy atom. The highest BCUT2D eigenvalue weighted by atomic mass is 79.9. The summed E-state index contributed by atoms with van der Waals surface area (Å²) >= 11 is 3.25. The Morgan fingerprint density at radius 2 is 1.83 bits per heavy atom. The fourth-order valence-electron chi connectivity index (χ4n) is 2.57. The van der Waals surface area contributed by atoms with E-state index in [9.17, 15) is 12.8 Å². The predicted molar refractivity (Wildman–Crippen MR) is 95.3 cm³/mol. The number of rotatable bonds is 5. The monoisotopic (exact) mass is 415 g/mol. The quantitative estimate of drug-likeness (QED) is 0.802. The summed E-state index contributed by atoms with van der Waals surface area (Å²) in [7, 11) is -2.24. The van der Waals surface area contributed by atoms with Gasteiger partial charge in [0.1, 0.15) is 11.6 Å². The highest BCUT2D eigenvalue weighted by Crippen LogP contribution is 2.30. The zero-order chi connectivity index (χ0) is 18.1. The maximum absolute atomic E-state index is 13.8. The number of sulfonamides is 1. The van der Waals surface area contributed by atoms with Gasteiger partial charge in [0.05, 0.1) is 12.0 Å². The van der Waals surface area contributed by atoms with E-state index in [1.807, 2.05) is 0 Å². The second-order valence-electron chi connectivity index (χ2n) is 5.54. The van der Waals surface area contributed by atoms with E-state index >= 15 is 0 Å². The normalized spacial score (nSPS) is 11.6. The number of halogens is 2. The van der Waals surface area contributed by atoms with Crippen LogP contribution in [0.15, 0.2) is 33.6 Å². The molecule has 1 N–H and O–H groups in total.